The monoisotopic (exact) mass is 531 g/mol. The first-order valence-electron chi connectivity index (χ1n) is 11.8. The molecule has 2 aromatic carbocycles. The van der Waals surface area contributed by atoms with E-state index in [1.165, 1.54) is 0 Å². The third kappa shape index (κ3) is 8.25. The van der Waals surface area contributed by atoms with Crippen molar-refractivity contribution in [3.63, 3.8) is 0 Å². The largest absolute Gasteiger partial charge is 0.511 e. The number of benzene rings is 2. The molecule has 1 aliphatic heterocycles. The summed E-state index contributed by atoms with van der Waals surface area (Å²) in [5.41, 5.74) is -3.74. The molecule has 0 spiro atoms. The summed E-state index contributed by atoms with van der Waals surface area (Å²) in [6.07, 6.45) is -1.03. The molecule has 0 aromatic heterocycles. The molecular weight excluding hydrogens is 499 g/mol. The summed E-state index contributed by atoms with van der Waals surface area (Å²) in [6, 6.07) is 17.2. The van der Waals surface area contributed by atoms with Crippen molar-refractivity contribution in [2.24, 2.45) is 0 Å². The van der Waals surface area contributed by atoms with E-state index in [4.69, 9.17) is 18.9 Å². The number of hydrogen-bond donors (Lipinski definition) is 1. The van der Waals surface area contributed by atoms with Crippen molar-refractivity contribution in [2.45, 2.75) is 62.8 Å². The molecule has 0 radical (unpaired) electrons. The van der Waals surface area contributed by atoms with Crippen LogP contribution >= 0.6 is 0 Å². The van der Waals surface area contributed by atoms with Crippen molar-refractivity contribution in [1.29, 1.82) is 0 Å². The first-order valence-corrected chi connectivity index (χ1v) is 13.3. The standard InChI is InChI=1S/C25H32F3NO6S/c1-2-3-14-33-24-22(18-32-15-19-10-6-4-7-11-19)34-17-21(29-36(30,31)25(26,27)28)23(24)35-16-20-12-8-5-9-13-20/h4-13,21-24,29H,2-3,14-18H2,1H3/t21-,22-,23-,24+/m1/s1. The van der Waals surface area contributed by atoms with Crippen LogP contribution in [-0.2, 0) is 42.2 Å². The topological polar surface area (TPSA) is 83.1 Å². The quantitative estimate of drug-likeness (QED) is 0.391. The van der Waals surface area contributed by atoms with E-state index in [1.807, 2.05) is 67.6 Å². The molecule has 0 bridgehead atoms. The fourth-order valence-corrected chi connectivity index (χ4v) is 4.51. The summed E-state index contributed by atoms with van der Waals surface area (Å²) in [5.74, 6) is 0. The Morgan fingerprint density at radius 2 is 1.56 bits per heavy atom. The van der Waals surface area contributed by atoms with Crippen molar-refractivity contribution in [3.8, 4) is 0 Å². The summed E-state index contributed by atoms with van der Waals surface area (Å²) < 4.78 is 88.6. The summed E-state index contributed by atoms with van der Waals surface area (Å²) in [5, 5.41) is 0. The lowest BCUT2D eigenvalue weighted by Gasteiger charge is -2.42. The lowest BCUT2D eigenvalue weighted by atomic mass is 9.98. The third-order valence-electron chi connectivity index (χ3n) is 5.68. The zero-order valence-electron chi connectivity index (χ0n) is 20.0. The number of sulfonamides is 1. The minimum Gasteiger partial charge on any atom is -0.374 e. The van der Waals surface area contributed by atoms with Crippen LogP contribution in [0.2, 0.25) is 0 Å². The molecule has 2 aromatic rings. The fourth-order valence-electron chi connectivity index (χ4n) is 3.78. The van der Waals surface area contributed by atoms with E-state index < -0.39 is 39.9 Å². The zero-order chi connectivity index (χ0) is 26.0. The van der Waals surface area contributed by atoms with Gasteiger partial charge < -0.3 is 18.9 Å². The Labute approximate surface area is 209 Å². The molecule has 1 N–H and O–H groups in total. The van der Waals surface area contributed by atoms with Gasteiger partial charge in [-0.05, 0) is 17.5 Å². The Bertz CT molecular complexity index is 1010. The smallest absolute Gasteiger partial charge is 0.374 e. The van der Waals surface area contributed by atoms with Gasteiger partial charge in [-0.1, -0.05) is 74.0 Å². The van der Waals surface area contributed by atoms with Crippen molar-refractivity contribution >= 4 is 10.0 Å². The summed E-state index contributed by atoms with van der Waals surface area (Å²) in [7, 11) is -5.63. The molecule has 200 valence electrons. The highest BCUT2D eigenvalue weighted by atomic mass is 32.2. The minimum atomic E-state index is -5.63. The van der Waals surface area contributed by atoms with E-state index in [1.54, 1.807) is 4.72 Å². The molecule has 1 fully saturated rings. The van der Waals surface area contributed by atoms with Gasteiger partial charge >= 0.3 is 15.5 Å². The summed E-state index contributed by atoms with van der Waals surface area (Å²) in [6.45, 7) is 2.41. The molecule has 0 amide bonds. The second-order valence-electron chi connectivity index (χ2n) is 8.50. The first-order chi connectivity index (χ1) is 17.2. The number of nitrogens with one attached hydrogen (secondary N) is 1. The molecule has 7 nitrogen and oxygen atoms in total. The van der Waals surface area contributed by atoms with E-state index in [0.717, 1.165) is 17.5 Å². The van der Waals surface area contributed by atoms with Gasteiger partial charge in [-0.3, -0.25) is 0 Å². The number of hydrogen-bond acceptors (Lipinski definition) is 6. The molecule has 36 heavy (non-hydrogen) atoms. The Morgan fingerprint density at radius 1 is 0.944 bits per heavy atom. The van der Waals surface area contributed by atoms with E-state index >= 15 is 0 Å². The van der Waals surface area contributed by atoms with E-state index in [2.05, 4.69) is 0 Å². The Balaban J connectivity index is 1.79. The van der Waals surface area contributed by atoms with Gasteiger partial charge in [0, 0.05) is 6.61 Å². The fraction of sp³-hybridized carbons (Fsp3) is 0.520. The van der Waals surface area contributed by atoms with Crippen LogP contribution in [-0.4, -0.2) is 58.1 Å². The van der Waals surface area contributed by atoms with Gasteiger partial charge in [-0.15, -0.1) is 0 Å². The molecule has 11 heteroatoms. The van der Waals surface area contributed by atoms with Gasteiger partial charge in [-0.2, -0.15) is 17.9 Å². The van der Waals surface area contributed by atoms with Gasteiger partial charge in [0.25, 0.3) is 0 Å². The number of unbranched alkanes of at least 4 members (excludes halogenated alkanes) is 1. The second-order valence-corrected chi connectivity index (χ2v) is 10.2. The molecular formula is C25H32F3NO6S. The van der Waals surface area contributed by atoms with Crippen molar-refractivity contribution in [3.05, 3.63) is 71.8 Å². The summed E-state index contributed by atoms with van der Waals surface area (Å²) in [4.78, 5) is 0. The molecule has 0 unspecified atom stereocenters. The average Bonchev–Trinajstić information content (AvgIpc) is 2.85. The van der Waals surface area contributed by atoms with Crippen LogP contribution in [0, 0.1) is 0 Å². The predicted octanol–water partition coefficient (Wildman–Crippen LogP) is 4.18. The molecule has 1 saturated heterocycles. The van der Waals surface area contributed by atoms with Crippen LogP contribution in [0.25, 0.3) is 0 Å². The number of rotatable bonds is 13. The Morgan fingerprint density at radius 3 is 2.14 bits per heavy atom. The van der Waals surface area contributed by atoms with Crippen LogP contribution in [0.1, 0.15) is 30.9 Å². The lowest BCUT2D eigenvalue weighted by molar-refractivity contribution is -0.203. The number of alkyl halides is 3. The van der Waals surface area contributed by atoms with Gasteiger partial charge in [-0.25, -0.2) is 8.42 Å². The average molecular weight is 532 g/mol. The third-order valence-corrected chi connectivity index (χ3v) is 6.90. The van der Waals surface area contributed by atoms with Crippen LogP contribution < -0.4 is 4.72 Å². The van der Waals surface area contributed by atoms with Gasteiger partial charge in [0.05, 0.1) is 32.5 Å². The van der Waals surface area contributed by atoms with Gasteiger partial charge in [0.2, 0.25) is 0 Å². The van der Waals surface area contributed by atoms with Gasteiger partial charge in [0.15, 0.2) is 0 Å². The lowest BCUT2D eigenvalue weighted by Crippen LogP contribution is -2.62. The first kappa shape index (κ1) is 28.5. The predicted molar refractivity (Wildman–Crippen MR) is 127 cm³/mol. The summed E-state index contributed by atoms with van der Waals surface area (Å²) >= 11 is 0. The zero-order valence-corrected chi connectivity index (χ0v) is 20.8. The van der Waals surface area contributed by atoms with E-state index in [0.29, 0.717) is 19.6 Å². The van der Waals surface area contributed by atoms with Crippen LogP contribution in [0.4, 0.5) is 13.2 Å². The molecule has 1 heterocycles. The van der Waals surface area contributed by atoms with E-state index in [-0.39, 0.29) is 19.8 Å². The molecule has 0 aliphatic carbocycles. The van der Waals surface area contributed by atoms with Crippen LogP contribution in [0.15, 0.2) is 60.7 Å². The second kappa shape index (κ2) is 13.5. The molecule has 3 rings (SSSR count). The van der Waals surface area contributed by atoms with Crippen molar-refractivity contribution in [1.82, 2.24) is 4.72 Å². The van der Waals surface area contributed by atoms with Crippen molar-refractivity contribution < 1.29 is 40.5 Å². The van der Waals surface area contributed by atoms with Gasteiger partial charge in [0.1, 0.15) is 18.3 Å². The molecule has 1 aliphatic rings. The SMILES string of the molecule is CCCCO[C@@H]1[C@H](OCc2ccccc2)[C@H](NS(=O)(=O)C(F)(F)F)CO[C@@H]1COCc1ccccc1. The van der Waals surface area contributed by atoms with E-state index in [9.17, 15) is 21.6 Å². The highest BCUT2D eigenvalue weighted by Gasteiger charge is 2.51. The number of halogens is 3. The highest BCUT2D eigenvalue weighted by Crippen LogP contribution is 2.28. The van der Waals surface area contributed by atoms with Crippen LogP contribution in [0.3, 0.4) is 0 Å². The highest BCUT2D eigenvalue weighted by molar-refractivity contribution is 7.90. The Kier molecular flexibility index (Phi) is 10.7. The van der Waals surface area contributed by atoms with Crippen LogP contribution in [0.5, 0.6) is 0 Å². The maximum absolute atomic E-state index is 13.1. The normalized spacial score (nSPS) is 23.0. The Hall–Kier alpha value is -2.02. The number of ether oxygens (including phenoxy) is 4. The molecule has 4 atom stereocenters. The maximum atomic E-state index is 13.1. The maximum Gasteiger partial charge on any atom is 0.511 e. The minimum absolute atomic E-state index is 0.0565. The molecule has 0 saturated carbocycles. The van der Waals surface area contributed by atoms with Crippen molar-refractivity contribution in [2.75, 3.05) is 19.8 Å².